The maximum absolute atomic E-state index is 5.92. The van der Waals surface area contributed by atoms with Gasteiger partial charge in [0, 0.05) is 23.8 Å². The van der Waals surface area contributed by atoms with Crippen molar-refractivity contribution in [1.82, 2.24) is 20.0 Å². The number of anilines is 1. The van der Waals surface area contributed by atoms with E-state index in [4.69, 9.17) is 23.8 Å². The van der Waals surface area contributed by atoms with Gasteiger partial charge >= 0.3 is 0 Å². The molecule has 1 aromatic carbocycles. The van der Waals surface area contributed by atoms with Gasteiger partial charge < -0.3 is 15.5 Å². The fraction of sp³-hybridized carbons (Fsp3) is 0.474. The molecule has 1 aliphatic rings. The number of thiocarbonyl (C=S) groups is 1. The third kappa shape index (κ3) is 5.97. The van der Waals surface area contributed by atoms with E-state index in [9.17, 15) is 0 Å². The summed E-state index contributed by atoms with van der Waals surface area (Å²) in [6.07, 6.45) is 7.72. The van der Waals surface area contributed by atoms with Gasteiger partial charge in [0.05, 0.1) is 18.4 Å². The van der Waals surface area contributed by atoms with Crippen molar-refractivity contribution in [3.8, 4) is 0 Å². The molecular weight excluding hydrogens is 366 g/mol. The lowest BCUT2D eigenvalue weighted by Gasteiger charge is -2.29. The molecule has 0 saturated carbocycles. The highest BCUT2D eigenvalue weighted by Gasteiger charge is 2.14. The Bertz CT molecular complexity index is 709. The molecule has 2 heterocycles. The van der Waals surface area contributed by atoms with Crippen LogP contribution in [-0.2, 0) is 6.54 Å². The number of rotatable bonds is 6. The van der Waals surface area contributed by atoms with E-state index >= 15 is 0 Å². The lowest BCUT2D eigenvalue weighted by molar-refractivity contribution is 0.215. The number of piperidine rings is 1. The number of nitrogens with zero attached hydrogens (tertiary/aromatic N) is 3. The van der Waals surface area contributed by atoms with Gasteiger partial charge in [-0.3, -0.25) is 4.68 Å². The van der Waals surface area contributed by atoms with Crippen molar-refractivity contribution in [2.45, 2.75) is 38.8 Å². The molecule has 1 atom stereocenters. The van der Waals surface area contributed by atoms with Crippen molar-refractivity contribution >= 4 is 34.6 Å². The molecule has 140 valence electrons. The Morgan fingerprint density at radius 1 is 1.23 bits per heavy atom. The Morgan fingerprint density at radius 2 is 1.96 bits per heavy atom. The summed E-state index contributed by atoms with van der Waals surface area (Å²) < 4.78 is 1.88. The lowest BCUT2D eigenvalue weighted by Crippen LogP contribution is -2.44. The molecule has 26 heavy (non-hydrogen) atoms. The fourth-order valence-electron chi connectivity index (χ4n) is 3.26. The fourth-order valence-corrected chi connectivity index (χ4v) is 3.70. The molecule has 0 amide bonds. The number of halogens is 1. The molecule has 1 unspecified atom stereocenters. The zero-order chi connectivity index (χ0) is 18.4. The summed E-state index contributed by atoms with van der Waals surface area (Å²) in [5.74, 6) is 0. The van der Waals surface area contributed by atoms with Crippen LogP contribution in [0.25, 0.3) is 0 Å². The second kappa shape index (κ2) is 9.35. The van der Waals surface area contributed by atoms with Crippen molar-refractivity contribution in [3.05, 3.63) is 47.2 Å². The number of aromatic nitrogens is 2. The molecule has 2 aromatic rings. The van der Waals surface area contributed by atoms with Crippen molar-refractivity contribution < 1.29 is 0 Å². The largest absolute Gasteiger partial charge is 0.359 e. The molecular formula is C19H26ClN5S. The van der Waals surface area contributed by atoms with Gasteiger partial charge in [0.25, 0.3) is 0 Å². The summed E-state index contributed by atoms with van der Waals surface area (Å²) in [6, 6.07) is 8.11. The summed E-state index contributed by atoms with van der Waals surface area (Å²) in [6.45, 7) is 6.29. The first-order valence-corrected chi connectivity index (χ1v) is 9.94. The Kier molecular flexibility index (Phi) is 6.88. The standard InChI is InChI=1S/C19H26ClN5S/c1-15(12-24-9-3-2-4-10-24)22-19(26)23-18-11-21-25(14-18)13-16-5-7-17(20)8-6-16/h5-8,11,14-15H,2-4,9-10,12-13H2,1H3,(H2,22,23,26). The normalized spacial score (nSPS) is 16.2. The van der Waals surface area contributed by atoms with Gasteiger partial charge in [0.2, 0.25) is 0 Å². The molecule has 0 aliphatic carbocycles. The van der Waals surface area contributed by atoms with Crippen LogP contribution >= 0.6 is 23.8 Å². The third-order valence-electron chi connectivity index (χ3n) is 4.51. The lowest BCUT2D eigenvalue weighted by atomic mass is 10.1. The number of hydrogen-bond donors (Lipinski definition) is 2. The Balaban J connectivity index is 1.45. The molecule has 0 spiro atoms. The number of benzene rings is 1. The predicted octanol–water partition coefficient (Wildman–Crippen LogP) is 3.75. The van der Waals surface area contributed by atoms with Crippen LogP contribution in [0.4, 0.5) is 5.69 Å². The first kappa shape index (κ1) is 19.1. The molecule has 1 aliphatic heterocycles. The van der Waals surface area contributed by atoms with Crippen LogP contribution in [0, 0.1) is 0 Å². The zero-order valence-electron chi connectivity index (χ0n) is 15.1. The van der Waals surface area contributed by atoms with Gasteiger partial charge in [-0.15, -0.1) is 0 Å². The summed E-state index contributed by atoms with van der Waals surface area (Å²) >= 11 is 11.4. The Morgan fingerprint density at radius 3 is 2.69 bits per heavy atom. The van der Waals surface area contributed by atoms with Gasteiger partial charge in [-0.05, 0) is 62.8 Å². The molecule has 5 nitrogen and oxygen atoms in total. The topological polar surface area (TPSA) is 45.1 Å². The van der Waals surface area contributed by atoms with Gasteiger partial charge in [0.1, 0.15) is 0 Å². The molecule has 2 N–H and O–H groups in total. The SMILES string of the molecule is CC(CN1CCCCC1)NC(=S)Nc1cnn(Cc2ccc(Cl)cc2)c1. The van der Waals surface area contributed by atoms with Gasteiger partial charge in [-0.25, -0.2) is 0 Å². The van der Waals surface area contributed by atoms with Crippen LogP contribution < -0.4 is 10.6 Å². The van der Waals surface area contributed by atoms with E-state index in [0.29, 0.717) is 17.7 Å². The van der Waals surface area contributed by atoms with Crippen LogP contribution in [0.15, 0.2) is 36.7 Å². The van der Waals surface area contributed by atoms with Crippen LogP contribution in [0.3, 0.4) is 0 Å². The second-order valence-electron chi connectivity index (χ2n) is 6.91. The van der Waals surface area contributed by atoms with E-state index in [2.05, 4.69) is 27.6 Å². The third-order valence-corrected chi connectivity index (χ3v) is 4.98. The molecule has 1 saturated heterocycles. The summed E-state index contributed by atoms with van der Waals surface area (Å²) in [7, 11) is 0. The highest BCUT2D eigenvalue weighted by atomic mass is 35.5. The average Bonchev–Trinajstić information content (AvgIpc) is 3.04. The minimum atomic E-state index is 0.317. The quantitative estimate of drug-likeness (QED) is 0.734. The predicted molar refractivity (Wildman–Crippen MR) is 112 cm³/mol. The van der Waals surface area contributed by atoms with Crippen molar-refractivity contribution in [2.24, 2.45) is 0 Å². The zero-order valence-corrected chi connectivity index (χ0v) is 16.7. The second-order valence-corrected chi connectivity index (χ2v) is 7.76. The first-order chi connectivity index (χ1) is 12.6. The number of hydrogen-bond acceptors (Lipinski definition) is 3. The molecule has 3 rings (SSSR count). The molecule has 0 bridgehead atoms. The van der Waals surface area contributed by atoms with E-state index in [-0.39, 0.29) is 0 Å². The molecule has 1 fully saturated rings. The minimum Gasteiger partial charge on any atom is -0.359 e. The highest BCUT2D eigenvalue weighted by molar-refractivity contribution is 7.80. The van der Waals surface area contributed by atoms with Crippen LogP contribution in [0.5, 0.6) is 0 Å². The van der Waals surface area contributed by atoms with Crippen molar-refractivity contribution in [1.29, 1.82) is 0 Å². The number of nitrogens with one attached hydrogen (secondary N) is 2. The summed E-state index contributed by atoms with van der Waals surface area (Å²) in [5, 5.41) is 12.4. The minimum absolute atomic E-state index is 0.317. The first-order valence-electron chi connectivity index (χ1n) is 9.15. The van der Waals surface area contributed by atoms with E-state index in [1.807, 2.05) is 35.1 Å². The molecule has 0 radical (unpaired) electrons. The van der Waals surface area contributed by atoms with Gasteiger partial charge in [0.15, 0.2) is 5.11 Å². The monoisotopic (exact) mass is 391 g/mol. The van der Waals surface area contributed by atoms with E-state index in [0.717, 1.165) is 22.8 Å². The number of likely N-dealkylation sites (tertiary alicyclic amines) is 1. The summed E-state index contributed by atoms with van der Waals surface area (Å²) in [4.78, 5) is 2.51. The van der Waals surface area contributed by atoms with Crippen LogP contribution in [0.2, 0.25) is 5.02 Å². The maximum Gasteiger partial charge on any atom is 0.171 e. The maximum atomic E-state index is 5.92. The molecule has 1 aromatic heterocycles. The average molecular weight is 392 g/mol. The van der Waals surface area contributed by atoms with E-state index in [1.165, 1.54) is 32.4 Å². The van der Waals surface area contributed by atoms with Gasteiger partial charge in [-0.2, -0.15) is 5.10 Å². The Hall–Kier alpha value is -1.63. The van der Waals surface area contributed by atoms with E-state index < -0.39 is 0 Å². The van der Waals surface area contributed by atoms with Crippen LogP contribution in [-0.4, -0.2) is 45.5 Å². The van der Waals surface area contributed by atoms with Crippen LogP contribution in [0.1, 0.15) is 31.7 Å². The van der Waals surface area contributed by atoms with E-state index in [1.54, 1.807) is 6.20 Å². The smallest absolute Gasteiger partial charge is 0.171 e. The van der Waals surface area contributed by atoms with Gasteiger partial charge in [-0.1, -0.05) is 30.2 Å². The highest BCUT2D eigenvalue weighted by Crippen LogP contribution is 2.12. The van der Waals surface area contributed by atoms with Crippen molar-refractivity contribution in [3.63, 3.8) is 0 Å². The summed E-state index contributed by atoms with van der Waals surface area (Å²) in [5.41, 5.74) is 2.04. The Labute approximate surface area is 165 Å². The molecule has 7 heteroatoms. The van der Waals surface area contributed by atoms with Crippen molar-refractivity contribution in [2.75, 3.05) is 25.0 Å².